The van der Waals surface area contributed by atoms with Gasteiger partial charge < -0.3 is 10.1 Å². The number of methoxy groups -OCH3 is 1. The zero-order valence-corrected chi connectivity index (χ0v) is 12.3. The highest BCUT2D eigenvalue weighted by Crippen LogP contribution is 2.12. The number of hydrogen-bond acceptors (Lipinski definition) is 4. The molecule has 0 aromatic heterocycles. The molecule has 0 fully saturated rings. The van der Waals surface area contributed by atoms with E-state index in [-0.39, 0.29) is 17.8 Å². The van der Waals surface area contributed by atoms with Crippen molar-refractivity contribution in [3.05, 3.63) is 29.8 Å². The molecule has 0 saturated heterocycles. The van der Waals surface area contributed by atoms with Gasteiger partial charge in [-0.25, -0.2) is 0 Å². The van der Waals surface area contributed by atoms with Crippen molar-refractivity contribution in [1.29, 1.82) is 0 Å². The molecule has 0 heterocycles. The smallest absolute Gasteiger partial charge is 0.309 e. The van der Waals surface area contributed by atoms with Crippen LogP contribution in [-0.4, -0.2) is 30.5 Å². The first-order valence-corrected chi connectivity index (χ1v) is 7.20. The molecule has 1 aromatic rings. The molecule has 4 nitrogen and oxygen atoms in total. The monoisotopic (exact) mass is 281 g/mol. The molecule has 1 rings (SSSR count). The number of thioether (sulfide) groups is 1. The maximum absolute atomic E-state index is 11.7. The molecular formula is C14H19NO3S. The van der Waals surface area contributed by atoms with Crippen LogP contribution < -0.4 is 5.32 Å². The summed E-state index contributed by atoms with van der Waals surface area (Å²) in [5.74, 6) is 0.407. The van der Waals surface area contributed by atoms with Crippen LogP contribution in [-0.2, 0) is 14.3 Å². The summed E-state index contributed by atoms with van der Waals surface area (Å²) in [6, 6.07) is 7.64. The highest BCUT2D eigenvalue weighted by molar-refractivity contribution is 8.00. The Bertz CT molecular complexity index is 448. The van der Waals surface area contributed by atoms with Gasteiger partial charge in [0.1, 0.15) is 0 Å². The fraction of sp³-hybridized carbons (Fsp3) is 0.429. The Morgan fingerprint density at radius 2 is 2.16 bits per heavy atom. The molecule has 5 heteroatoms. The molecule has 0 spiro atoms. The third-order valence-corrected chi connectivity index (χ3v) is 3.71. The minimum atomic E-state index is -0.244. The van der Waals surface area contributed by atoms with Crippen LogP contribution in [0.2, 0.25) is 0 Å². The Hall–Kier alpha value is -1.49. The van der Waals surface area contributed by atoms with Crippen molar-refractivity contribution >= 4 is 29.3 Å². The van der Waals surface area contributed by atoms with Crippen LogP contribution >= 0.6 is 11.8 Å². The van der Waals surface area contributed by atoms with Crippen LogP contribution in [0, 0.1) is 12.8 Å². The van der Waals surface area contributed by atoms with Gasteiger partial charge in [-0.05, 0) is 24.6 Å². The first-order valence-electron chi connectivity index (χ1n) is 6.05. The molecule has 104 valence electrons. The summed E-state index contributed by atoms with van der Waals surface area (Å²) in [5, 5.41) is 2.82. The average molecular weight is 281 g/mol. The normalized spacial score (nSPS) is 11.7. The van der Waals surface area contributed by atoms with Gasteiger partial charge in [-0.3, -0.25) is 9.59 Å². The number of ether oxygens (including phenoxy) is 1. The van der Waals surface area contributed by atoms with E-state index in [0.717, 1.165) is 11.3 Å². The molecule has 0 bridgehead atoms. The van der Waals surface area contributed by atoms with Crippen LogP contribution in [0.4, 0.5) is 5.69 Å². The first kappa shape index (κ1) is 15.6. The molecule has 0 aliphatic heterocycles. The summed E-state index contributed by atoms with van der Waals surface area (Å²) in [4.78, 5) is 22.9. The number of anilines is 1. The summed E-state index contributed by atoms with van der Waals surface area (Å²) >= 11 is 1.42. The SMILES string of the molecule is COC(=O)C(C)CSCC(=O)Nc1cccc(C)c1. The van der Waals surface area contributed by atoms with E-state index >= 15 is 0 Å². The van der Waals surface area contributed by atoms with Crippen molar-refractivity contribution in [3.63, 3.8) is 0 Å². The van der Waals surface area contributed by atoms with Crippen LogP contribution in [0.25, 0.3) is 0 Å². The van der Waals surface area contributed by atoms with Crippen LogP contribution in [0.1, 0.15) is 12.5 Å². The molecule has 1 amide bonds. The summed E-state index contributed by atoms with van der Waals surface area (Å²) in [7, 11) is 1.37. The lowest BCUT2D eigenvalue weighted by molar-refractivity contribution is -0.144. The lowest BCUT2D eigenvalue weighted by Crippen LogP contribution is -2.18. The fourth-order valence-electron chi connectivity index (χ4n) is 1.52. The molecule has 0 radical (unpaired) electrons. The zero-order chi connectivity index (χ0) is 14.3. The molecule has 0 aliphatic rings. The van der Waals surface area contributed by atoms with Gasteiger partial charge >= 0.3 is 5.97 Å². The minimum absolute atomic E-state index is 0.0623. The summed E-state index contributed by atoms with van der Waals surface area (Å²) < 4.78 is 4.63. The predicted molar refractivity (Wildman–Crippen MR) is 78.3 cm³/mol. The van der Waals surface area contributed by atoms with Gasteiger partial charge in [0, 0.05) is 11.4 Å². The maximum atomic E-state index is 11.7. The molecule has 1 N–H and O–H groups in total. The third-order valence-electron chi connectivity index (χ3n) is 2.51. The van der Waals surface area contributed by atoms with Crippen molar-refractivity contribution in [2.45, 2.75) is 13.8 Å². The number of benzene rings is 1. The highest BCUT2D eigenvalue weighted by Gasteiger charge is 2.13. The molecule has 1 atom stereocenters. The van der Waals surface area contributed by atoms with Gasteiger partial charge in [0.05, 0.1) is 18.8 Å². The number of esters is 1. The Morgan fingerprint density at radius 3 is 2.79 bits per heavy atom. The van der Waals surface area contributed by atoms with Crippen molar-refractivity contribution in [3.8, 4) is 0 Å². The van der Waals surface area contributed by atoms with E-state index in [1.165, 1.54) is 18.9 Å². The zero-order valence-electron chi connectivity index (χ0n) is 11.4. The van der Waals surface area contributed by atoms with Gasteiger partial charge in [0.2, 0.25) is 5.91 Å². The Balaban J connectivity index is 2.30. The van der Waals surface area contributed by atoms with Crippen LogP contribution in [0.15, 0.2) is 24.3 Å². The molecule has 0 aliphatic carbocycles. The van der Waals surface area contributed by atoms with E-state index in [0.29, 0.717) is 11.5 Å². The van der Waals surface area contributed by atoms with Gasteiger partial charge in [-0.15, -0.1) is 0 Å². The highest BCUT2D eigenvalue weighted by atomic mass is 32.2. The van der Waals surface area contributed by atoms with Crippen LogP contribution in [0.3, 0.4) is 0 Å². The van der Waals surface area contributed by atoms with Gasteiger partial charge in [0.25, 0.3) is 0 Å². The molecule has 0 saturated carbocycles. The van der Waals surface area contributed by atoms with Crippen LogP contribution in [0.5, 0.6) is 0 Å². The third kappa shape index (κ3) is 5.79. The maximum Gasteiger partial charge on any atom is 0.309 e. The van der Waals surface area contributed by atoms with Gasteiger partial charge in [-0.1, -0.05) is 19.1 Å². The van der Waals surface area contributed by atoms with Crippen molar-refractivity contribution in [2.75, 3.05) is 23.9 Å². The number of carbonyl (C=O) groups is 2. The van der Waals surface area contributed by atoms with Crippen molar-refractivity contribution < 1.29 is 14.3 Å². The largest absolute Gasteiger partial charge is 0.469 e. The van der Waals surface area contributed by atoms with Crippen molar-refractivity contribution in [1.82, 2.24) is 0 Å². The minimum Gasteiger partial charge on any atom is -0.469 e. The van der Waals surface area contributed by atoms with E-state index in [4.69, 9.17) is 0 Å². The second kappa shape index (κ2) is 7.84. The second-order valence-corrected chi connectivity index (χ2v) is 5.39. The average Bonchev–Trinajstić information content (AvgIpc) is 2.37. The first-order chi connectivity index (χ1) is 9.02. The topological polar surface area (TPSA) is 55.4 Å². The fourth-order valence-corrected chi connectivity index (χ4v) is 2.38. The lowest BCUT2D eigenvalue weighted by atomic mass is 10.2. The van der Waals surface area contributed by atoms with E-state index in [2.05, 4.69) is 10.1 Å². The van der Waals surface area contributed by atoms with Crippen molar-refractivity contribution in [2.24, 2.45) is 5.92 Å². The number of amides is 1. The predicted octanol–water partition coefficient (Wildman–Crippen LogP) is 2.48. The molecular weight excluding hydrogens is 262 g/mol. The van der Waals surface area contributed by atoms with Gasteiger partial charge in [0.15, 0.2) is 0 Å². The van der Waals surface area contributed by atoms with E-state index in [9.17, 15) is 9.59 Å². The Morgan fingerprint density at radius 1 is 1.42 bits per heavy atom. The summed E-state index contributed by atoms with van der Waals surface area (Å²) in [6.07, 6.45) is 0. The number of hydrogen-bond donors (Lipinski definition) is 1. The molecule has 1 aromatic carbocycles. The van der Waals surface area contributed by atoms with Gasteiger partial charge in [-0.2, -0.15) is 11.8 Å². The summed E-state index contributed by atoms with van der Waals surface area (Å²) in [5.41, 5.74) is 1.90. The van der Waals surface area contributed by atoms with E-state index < -0.39 is 0 Å². The molecule has 19 heavy (non-hydrogen) atoms. The number of aryl methyl sites for hydroxylation is 1. The van der Waals surface area contributed by atoms with E-state index in [1.807, 2.05) is 31.2 Å². The standard InChI is InChI=1S/C14H19NO3S/c1-10-5-4-6-12(7-10)15-13(16)9-19-8-11(2)14(17)18-3/h4-7,11H,8-9H2,1-3H3,(H,15,16). The Kier molecular flexibility index (Phi) is 6.42. The van der Waals surface area contributed by atoms with E-state index in [1.54, 1.807) is 6.92 Å². The second-order valence-electron chi connectivity index (χ2n) is 4.36. The number of nitrogens with one attached hydrogen (secondary N) is 1. The summed E-state index contributed by atoms with van der Waals surface area (Å²) in [6.45, 7) is 3.76. The lowest BCUT2D eigenvalue weighted by Gasteiger charge is -2.09. The number of rotatable bonds is 6. The molecule has 1 unspecified atom stereocenters. The Labute approximate surface area is 117 Å². The number of carbonyl (C=O) groups excluding carboxylic acids is 2. The quantitative estimate of drug-likeness (QED) is 0.814.